The molecular formula is C14H16FN3O2. The van der Waals surface area contributed by atoms with Gasteiger partial charge in [0, 0.05) is 6.42 Å². The van der Waals surface area contributed by atoms with E-state index in [0.717, 1.165) is 5.56 Å². The number of esters is 1. The number of ether oxygens (including phenoxy) is 1. The number of halogens is 1. The highest BCUT2D eigenvalue weighted by Gasteiger charge is 2.22. The lowest BCUT2D eigenvalue weighted by Gasteiger charge is -2.10. The molecule has 0 unspecified atom stereocenters. The van der Waals surface area contributed by atoms with E-state index in [2.05, 4.69) is 9.72 Å². The van der Waals surface area contributed by atoms with Crippen molar-refractivity contribution in [3.63, 3.8) is 0 Å². The van der Waals surface area contributed by atoms with Gasteiger partial charge in [0.2, 0.25) is 0 Å². The van der Waals surface area contributed by atoms with E-state index < -0.39 is 11.8 Å². The molecule has 106 valence electrons. The molecule has 1 aromatic heterocycles. The van der Waals surface area contributed by atoms with Gasteiger partial charge in [0.1, 0.15) is 17.5 Å². The molecule has 0 aliphatic heterocycles. The predicted molar refractivity (Wildman–Crippen MR) is 73.4 cm³/mol. The zero-order chi connectivity index (χ0) is 14.9. The second-order valence-electron chi connectivity index (χ2n) is 4.40. The summed E-state index contributed by atoms with van der Waals surface area (Å²) in [4.78, 5) is 15.8. The molecular weight excluding hydrogens is 261 g/mol. The number of anilines is 1. The zero-order valence-corrected chi connectivity index (χ0v) is 11.6. The molecule has 1 aromatic carbocycles. The molecule has 0 bridgehead atoms. The fraction of sp³-hybridized carbons (Fsp3) is 0.286. The molecule has 0 fully saturated rings. The number of aromatic nitrogens is 2. The van der Waals surface area contributed by atoms with E-state index in [1.165, 1.54) is 17.7 Å². The molecule has 0 aliphatic rings. The van der Waals surface area contributed by atoms with Crippen LogP contribution in [0, 0.1) is 12.7 Å². The Hall–Kier alpha value is -2.37. The summed E-state index contributed by atoms with van der Waals surface area (Å²) in [6, 6.07) is 4.69. The molecule has 20 heavy (non-hydrogen) atoms. The predicted octanol–water partition coefficient (Wildman–Crippen LogP) is 2.25. The maximum Gasteiger partial charge on any atom is 0.360 e. The minimum atomic E-state index is -0.635. The Morgan fingerprint density at radius 1 is 1.50 bits per heavy atom. The molecule has 2 aromatic rings. The van der Waals surface area contributed by atoms with Crippen LogP contribution < -0.4 is 5.73 Å². The average Bonchev–Trinajstić information content (AvgIpc) is 2.77. The van der Waals surface area contributed by atoms with Crippen LogP contribution in [0.5, 0.6) is 0 Å². The first-order chi connectivity index (χ1) is 9.49. The van der Waals surface area contributed by atoms with Gasteiger partial charge in [-0.1, -0.05) is 13.0 Å². The SMILES string of the molecule is CCc1nc(C(=O)OC)c(N)n1-c1cc(C)ccc1F. The van der Waals surface area contributed by atoms with E-state index in [4.69, 9.17) is 5.73 Å². The maximum absolute atomic E-state index is 14.0. The molecule has 6 heteroatoms. The monoisotopic (exact) mass is 277 g/mol. The van der Waals surface area contributed by atoms with Crippen molar-refractivity contribution in [1.82, 2.24) is 9.55 Å². The van der Waals surface area contributed by atoms with Crippen molar-refractivity contribution >= 4 is 11.8 Å². The first-order valence-electron chi connectivity index (χ1n) is 6.21. The van der Waals surface area contributed by atoms with Crippen LogP contribution >= 0.6 is 0 Å². The van der Waals surface area contributed by atoms with Crippen molar-refractivity contribution in [1.29, 1.82) is 0 Å². The van der Waals surface area contributed by atoms with Crippen LogP contribution in [0.15, 0.2) is 18.2 Å². The van der Waals surface area contributed by atoms with E-state index in [0.29, 0.717) is 12.2 Å². The van der Waals surface area contributed by atoms with Gasteiger partial charge in [0.25, 0.3) is 0 Å². The normalized spacial score (nSPS) is 10.6. The van der Waals surface area contributed by atoms with Gasteiger partial charge in [0.05, 0.1) is 12.8 Å². The standard InChI is InChI=1S/C14H16FN3O2/c1-4-11-17-12(14(19)20-3)13(16)18(11)10-7-8(2)5-6-9(10)15/h5-7H,4,16H2,1-3H3. The number of nitrogen functional groups attached to an aromatic ring is 1. The van der Waals surface area contributed by atoms with Gasteiger partial charge in [-0.2, -0.15) is 0 Å². The molecule has 0 aliphatic carbocycles. The van der Waals surface area contributed by atoms with Crippen LogP contribution in [-0.4, -0.2) is 22.6 Å². The quantitative estimate of drug-likeness (QED) is 0.873. The Morgan fingerprint density at radius 2 is 2.20 bits per heavy atom. The topological polar surface area (TPSA) is 70.1 Å². The van der Waals surface area contributed by atoms with Gasteiger partial charge >= 0.3 is 5.97 Å². The van der Waals surface area contributed by atoms with E-state index in [1.54, 1.807) is 12.1 Å². The Labute approximate surface area is 116 Å². The molecule has 2 N–H and O–H groups in total. The number of imidazole rings is 1. The Morgan fingerprint density at radius 3 is 2.80 bits per heavy atom. The van der Waals surface area contributed by atoms with Gasteiger partial charge in [-0.15, -0.1) is 0 Å². The van der Waals surface area contributed by atoms with Crippen LogP contribution in [0.2, 0.25) is 0 Å². The van der Waals surface area contributed by atoms with Crippen molar-refractivity contribution in [2.24, 2.45) is 0 Å². The summed E-state index contributed by atoms with van der Waals surface area (Å²) >= 11 is 0. The van der Waals surface area contributed by atoms with Gasteiger partial charge in [0.15, 0.2) is 5.69 Å². The third kappa shape index (κ3) is 2.24. The molecule has 2 rings (SSSR count). The Kier molecular flexibility index (Phi) is 3.74. The maximum atomic E-state index is 14.0. The number of carbonyl (C=O) groups is 1. The number of nitrogens with zero attached hydrogens (tertiary/aromatic N) is 2. The number of carbonyl (C=O) groups excluding carboxylic acids is 1. The Balaban J connectivity index is 2.70. The molecule has 0 saturated carbocycles. The highest BCUT2D eigenvalue weighted by atomic mass is 19.1. The summed E-state index contributed by atoms with van der Waals surface area (Å²) in [5.41, 5.74) is 7.11. The summed E-state index contributed by atoms with van der Waals surface area (Å²) in [7, 11) is 1.25. The number of hydrogen-bond donors (Lipinski definition) is 1. The van der Waals surface area contributed by atoms with Gasteiger partial charge < -0.3 is 10.5 Å². The molecule has 0 atom stereocenters. The van der Waals surface area contributed by atoms with Crippen LogP contribution in [0.3, 0.4) is 0 Å². The molecule has 5 nitrogen and oxygen atoms in total. The fourth-order valence-electron chi connectivity index (χ4n) is 2.03. The summed E-state index contributed by atoms with van der Waals surface area (Å²) in [5.74, 6) is -0.472. The first kappa shape index (κ1) is 14.0. The number of benzene rings is 1. The lowest BCUT2D eigenvalue weighted by atomic mass is 10.2. The van der Waals surface area contributed by atoms with E-state index in [1.807, 2.05) is 13.8 Å². The number of nitrogens with two attached hydrogens (primary N) is 1. The number of hydrogen-bond acceptors (Lipinski definition) is 4. The van der Waals surface area contributed by atoms with Crippen molar-refractivity contribution < 1.29 is 13.9 Å². The molecule has 0 saturated heterocycles. The summed E-state index contributed by atoms with van der Waals surface area (Å²) < 4.78 is 20.1. The van der Waals surface area contributed by atoms with Gasteiger partial charge in [-0.25, -0.2) is 14.2 Å². The average molecular weight is 277 g/mol. The number of aryl methyl sites for hydroxylation is 2. The molecule has 0 spiro atoms. The zero-order valence-electron chi connectivity index (χ0n) is 11.6. The molecule has 0 radical (unpaired) electrons. The highest BCUT2D eigenvalue weighted by molar-refractivity contribution is 5.92. The van der Waals surface area contributed by atoms with Crippen LogP contribution in [0.4, 0.5) is 10.2 Å². The van der Waals surface area contributed by atoms with E-state index in [-0.39, 0.29) is 17.2 Å². The van der Waals surface area contributed by atoms with Crippen LogP contribution in [0.1, 0.15) is 28.8 Å². The minimum absolute atomic E-state index is 0.00487. The highest BCUT2D eigenvalue weighted by Crippen LogP contribution is 2.24. The number of rotatable bonds is 3. The van der Waals surface area contributed by atoms with Crippen LogP contribution in [0.25, 0.3) is 5.69 Å². The van der Waals surface area contributed by atoms with Gasteiger partial charge in [-0.3, -0.25) is 4.57 Å². The Bertz CT molecular complexity index is 665. The third-order valence-electron chi connectivity index (χ3n) is 3.02. The van der Waals surface area contributed by atoms with E-state index in [9.17, 15) is 9.18 Å². The lowest BCUT2D eigenvalue weighted by Crippen LogP contribution is -2.09. The van der Waals surface area contributed by atoms with Crippen LogP contribution in [-0.2, 0) is 11.2 Å². The largest absolute Gasteiger partial charge is 0.464 e. The summed E-state index contributed by atoms with van der Waals surface area (Å²) in [6.45, 7) is 3.70. The smallest absolute Gasteiger partial charge is 0.360 e. The lowest BCUT2D eigenvalue weighted by molar-refractivity contribution is 0.0595. The van der Waals surface area contributed by atoms with Crippen molar-refractivity contribution in [2.75, 3.05) is 12.8 Å². The van der Waals surface area contributed by atoms with Crippen molar-refractivity contribution in [3.8, 4) is 5.69 Å². The molecule has 0 amide bonds. The molecule has 1 heterocycles. The van der Waals surface area contributed by atoms with E-state index >= 15 is 0 Å². The second kappa shape index (κ2) is 5.32. The number of methoxy groups -OCH3 is 1. The first-order valence-corrected chi connectivity index (χ1v) is 6.21. The van der Waals surface area contributed by atoms with Crippen molar-refractivity contribution in [3.05, 3.63) is 41.1 Å². The third-order valence-corrected chi connectivity index (χ3v) is 3.02. The van der Waals surface area contributed by atoms with Crippen molar-refractivity contribution in [2.45, 2.75) is 20.3 Å². The summed E-state index contributed by atoms with van der Waals surface area (Å²) in [5, 5.41) is 0. The minimum Gasteiger partial charge on any atom is -0.464 e. The summed E-state index contributed by atoms with van der Waals surface area (Å²) in [6.07, 6.45) is 0.509. The van der Waals surface area contributed by atoms with Gasteiger partial charge in [-0.05, 0) is 24.6 Å². The second-order valence-corrected chi connectivity index (χ2v) is 4.40. The fourth-order valence-corrected chi connectivity index (χ4v) is 2.03.